The summed E-state index contributed by atoms with van der Waals surface area (Å²) >= 11 is 0. The molecule has 1 aliphatic heterocycles. The lowest BCUT2D eigenvalue weighted by molar-refractivity contribution is 0.0843. The Balaban J connectivity index is 2.23. The van der Waals surface area contributed by atoms with Crippen LogP contribution in [0.2, 0.25) is 0 Å². The molecule has 1 aromatic rings. The molecule has 0 spiro atoms. The average Bonchev–Trinajstić information content (AvgIpc) is 2.59. The molecule has 4 nitrogen and oxygen atoms in total. The van der Waals surface area contributed by atoms with E-state index in [2.05, 4.69) is 12.0 Å². The molecule has 0 aromatic carbocycles. The molecule has 2 rings (SSSR count). The summed E-state index contributed by atoms with van der Waals surface area (Å²) in [5, 5.41) is 4.66. The van der Waals surface area contributed by atoms with Gasteiger partial charge in [-0.1, -0.05) is 0 Å². The molecule has 0 bridgehead atoms. The summed E-state index contributed by atoms with van der Waals surface area (Å²) in [5.74, 6) is 0.575. The van der Waals surface area contributed by atoms with Gasteiger partial charge in [-0.15, -0.1) is 0 Å². The van der Waals surface area contributed by atoms with Crippen molar-refractivity contribution in [3.8, 4) is 0 Å². The zero-order chi connectivity index (χ0) is 11.5. The highest BCUT2D eigenvalue weighted by atomic mass is 16.5. The van der Waals surface area contributed by atoms with Crippen LogP contribution in [0.25, 0.3) is 0 Å². The lowest BCUT2D eigenvalue weighted by Crippen LogP contribution is -2.15. The number of rotatable bonds is 3. The number of hydrogen-bond donors (Lipinski definition) is 1. The Labute approximate surface area is 96.8 Å². The minimum absolute atomic E-state index is 0.575. The second-order valence-corrected chi connectivity index (χ2v) is 4.51. The number of hydrogen-bond acceptors (Lipinski definition) is 3. The molecule has 1 aromatic heterocycles. The third-order valence-electron chi connectivity index (χ3n) is 3.45. The van der Waals surface area contributed by atoms with E-state index in [1.54, 1.807) is 0 Å². The van der Waals surface area contributed by atoms with Gasteiger partial charge in [0.25, 0.3) is 0 Å². The predicted molar refractivity (Wildman–Crippen MR) is 63.5 cm³/mol. The Morgan fingerprint density at radius 2 is 2.12 bits per heavy atom. The van der Waals surface area contributed by atoms with Crippen LogP contribution in [-0.2, 0) is 18.2 Å². The second kappa shape index (κ2) is 4.97. The van der Waals surface area contributed by atoms with Crippen molar-refractivity contribution in [1.29, 1.82) is 0 Å². The van der Waals surface area contributed by atoms with Gasteiger partial charge in [-0.2, -0.15) is 5.10 Å². The first-order chi connectivity index (χ1) is 7.74. The Morgan fingerprint density at radius 3 is 2.75 bits per heavy atom. The van der Waals surface area contributed by atoms with Crippen LogP contribution < -0.4 is 5.73 Å². The summed E-state index contributed by atoms with van der Waals surface area (Å²) in [6.07, 6.45) is 3.11. The predicted octanol–water partition coefficient (Wildman–Crippen LogP) is 1.12. The molecule has 0 saturated carbocycles. The third kappa shape index (κ3) is 2.13. The summed E-state index contributed by atoms with van der Waals surface area (Å²) in [5.41, 5.74) is 9.50. The van der Waals surface area contributed by atoms with Crippen LogP contribution in [0, 0.1) is 6.92 Å². The first-order valence-electron chi connectivity index (χ1n) is 6.04. The van der Waals surface area contributed by atoms with Gasteiger partial charge in [-0.05, 0) is 31.9 Å². The lowest BCUT2D eigenvalue weighted by atomic mass is 9.93. The number of nitrogens with zero attached hydrogens (tertiary/aromatic N) is 2. The van der Waals surface area contributed by atoms with Crippen molar-refractivity contribution in [2.45, 2.75) is 32.1 Å². The van der Waals surface area contributed by atoms with Crippen LogP contribution in [0.3, 0.4) is 0 Å². The van der Waals surface area contributed by atoms with Crippen molar-refractivity contribution < 1.29 is 4.74 Å². The lowest BCUT2D eigenvalue weighted by Gasteiger charge is -2.20. The Kier molecular flexibility index (Phi) is 3.61. The topological polar surface area (TPSA) is 53.1 Å². The molecule has 1 fully saturated rings. The Bertz CT molecular complexity index is 353. The van der Waals surface area contributed by atoms with E-state index < -0.39 is 0 Å². The van der Waals surface area contributed by atoms with Crippen LogP contribution in [0.1, 0.15) is 35.7 Å². The van der Waals surface area contributed by atoms with Crippen LogP contribution in [0.5, 0.6) is 0 Å². The third-order valence-corrected chi connectivity index (χ3v) is 3.45. The molecule has 0 amide bonds. The van der Waals surface area contributed by atoms with Crippen molar-refractivity contribution in [2.75, 3.05) is 19.8 Å². The van der Waals surface area contributed by atoms with Crippen LogP contribution in [0.4, 0.5) is 0 Å². The monoisotopic (exact) mass is 223 g/mol. The SMILES string of the molecule is Cc1c(C2CCOCC2)nn(C)c1CCN. The maximum atomic E-state index is 5.62. The van der Waals surface area contributed by atoms with E-state index in [0.29, 0.717) is 12.5 Å². The van der Waals surface area contributed by atoms with E-state index in [4.69, 9.17) is 10.5 Å². The van der Waals surface area contributed by atoms with Gasteiger partial charge >= 0.3 is 0 Å². The smallest absolute Gasteiger partial charge is 0.0689 e. The van der Waals surface area contributed by atoms with Gasteiger partial charge in [0.15, 0.2) is 0 Å². The second-order valence-electron chi connectivity index (χ2n) is 4.51. The van der Waals surface area contributed by atoms with E-state index >= 15 is 0 Å². The highest BCUT2D eigenvalue weighted by Crippen LogP contribution is 2.29. The highest BCUT2D eigenvalue weighted by molar-refractivity contribution is 5.28. The maximum absolute atomic E-state index is 5.62. The molecule has 2 heterocycles. The average molecular weight is 223 g/mol. The molecular weight excluding hydrogens is 202 g/mol. The molecule has 0 unspecified atom stereocenters. The van der Waals surface area contributed by atoms with Gasteiger partial charge < -0.3 is 10.5 Å². The number of aryl methyl sites for hydroxylation is 1. The number of nitrogens with two attached hydrogens (primary N) is 1. The van der Waals surface area contributed by atoms with Crippen molar-refractivity contribution in [1.82, 2.24) is 9.78 Å². The molecule has 0 radical (unpaired) electrons. The Hall–Kier alpha value is -0.870. The van der Waals surface area contributed by atoms with Crippen LogP contribution in [-0.4, -0.2) is 29.5 Å². The summed E-state index contributed by atoms with van der Waals surface area (Å²) < 4.78 is 7.38. The minimum atomic E-state index is 0.575. The fraction of sp³-hybridized carbons (Fsp3) is 0.750. The van der Waals surface area contributed by atoms with Crippen molar-refractivity contribution >= 4 is 0 Å². The molecule has 1 aliphatic rings. The quantitative estimate of drug-likeness (QED) is 0.835. The normalized spacial score (nSPS) is 17.9. The van der Waals surface area contributed by atoms with Crippen molar-refractivity contribution in [3.05, 3.63) is 17.0 Å². The highest BCUT2D eigenvalue weighted by Gasteiger charge is 2.22. The molecular formula is C12H21N3O. The summed E-state index contributed by atoms with van der Waals surface area (Å²) in [6.45, 7) is 4.59. The van der Waals surface area contributed by atoms with E-state index in [9.17, 15) is 0 Å². The van der Waals surface area contributed by atoms with Gasteiger partial charge in [0.05, 0.1) is 5.69 Å². The molecule has 1 saturated heterocycles. The minimum Gasteiger partial charge on any atom is -0.381 e. The van der Waals surface area contributed by atoms with Crippen LogP contribution >= 0.6 is 0 Å². The fourth-order valence-electron chi connectivity index (χ4n) is 2.53. The van der Waals surface area contributed by atoms with E-state index in [1.807, 2.05) is 11.7 Å². The zero-order valence-electron chi connectivity index (χ0n) is 10.2. The van der Waals surface area contributed by atoms with Gasteiger partial charge in [0.1, 0.15) is 0 Å². The summed E-state index contributed by atoms with van der Waals surface area (Å²) in [6, 6.07) is 0. The number of aromatic nitrogens is 2. The maximum Gasteiger partial charge on any atom is 0.0689 e. The largest absolute Gasteiger partial charge is 0.381 e. The fourth-order valence-corrected chi connectivity index (χ4v) is 2.53. The standard InChI is InChI=1S/C12H21N3O/c1-9-11(3-6-13)15(2)14-12(9)10-4-7-16-8-5-10/h10H,3-8,13H2,1-2H3. The Morgan fingerprint density at radius 1 is 1.44 bits per heavy atom. The van der Waals surface area contributed by atoms with Crippen LogP contribution in [0.15, 0.2) is 0 Å². The van der Waals surface area contributed by atoms with E-state index in [1.165, 1.54) is 17.0 Å². The van der Waals surface area contributed by atoms with Gasteiger partial charge in [-0.3, -0.25) is 4.68 Å². The van der Waals surface area contributed by atoms with E-state index in [-0.39, 0.29) is 0 Å². The molecule has 0 atom stereocenters. The molecule has 90 valence electrons. The first kappa shape index (κ1) is 11.6. The van der Waals surface area contributed by atoms with Gasteiger partial charge in [0, 0.05) is 38.3 Å². The zero-order valence-corrected chi connectivity index (χ0v) is 10.2. The molecule has 4 heteroatoms. The van der Waals surface area contributed by atoms with Gasteiger partial charge in [-0.25, -0.2) is 0 Å². The van der Waals surface area contributed by atoms with Crippen molar-refractivity contribution in [3.63, 3.8) is 0 Å². The summed E-state index contributed by atoms with van der Waals surface area (Å²) in [4.78, 5) is 0. The number of ether oxygens (including phenoxy) is 1. The molecule has 16 heavy (non-hydrogen) atoms. The molecule has 0 aliphatic carbocycles. The van der Waals surface area contributed by atoms with E-state index in [0.717, 1.165) is 32.5 Å². The van der Waals surface area contributed by atoms with Crippen molar-refractivity contribution in [2.24, 2.45) is 12.8 Å². The molecule has 2 N–H and O–H groups in total. The first-order valence-corrected chi connectivity index (χ1v) is 6.04. The van der Waals surface area contributed by atoms with Gasteiger partial charge in [0.2, 0.25) is 0 Å². The summed E-state index contributed by atoms with van der Waals surface area (Å²) in [7, 11) is 2.01.